The summed E-state index contributed by atoms with van der Waals surface area (Å²) in [4.78, 5) is 29.8. The number of hydrogen-bond donors (Lipinski definition) is 4. The standard InChI is InChI=1S/C12H18N4O3/c1-7(8-3-13-4-8)11(17)16-10(12(18)19)2-9-5-14-6-15-9/h5-8,10,13H,2-4H2,1H3,(H,14,15)(H,16,17)(H,18,19). The minimum atomic E-state index is -1.04. The first-order valence-electron chi connectivity index (χ1n) is 6.29. The summed E-state index contributed by atoms with van der Waals surface area (Å²) < 4.78 is 0. The van der Waals surface area contributed by atoms with Crippen LogP contribution in [0.2, 0.25) is 0 Å². The quantitative estimate of drug-likeness (QED) is 0.549. The lowest BCUT2D eigenvalue weighted by molar-refractivity contribution is -0.142. The number of H-pyrrole nitrogens is 1. The van der Waals surface area contributed by atoms with Crippen LogP contribution < -0.4 is 10.6 Å². The lowest BCUT2D eigenvalue weighted by atomic mass is 9.88. The Kier molecular flexibility index (Phi) is 4.16. The monoisotopic (exact) mass is 266 g/mol. The highest BCUT2D eigenvalue weighted by Crippen LogP contribution is 2.16. The fourth-order valence-electron chi connectivity index (χ4n) is 2.00. The van der Waals surface area contributed by atoms with Crippen molar-refractivity contribution in [1.29, 1.82) is 0 Å². The molecule has 104 valence electrons. The van der Waals surface area contributed by atoms with E-state index in [1.165, 1.54) is 6.33 Å². The first-order valence-corrected chi connectivity index (χ1v) is 6.29. The van der Waals surface area contributed by atoms with E-state index in [1.807, 2.05) is 6.92 Å². The number of amides is 1. The van der Waals surface area contributed by atoms with Crippen LogP contribution in [0.4, 0.5) is 0 Å². The number of carboxylic acid groups (broad SMARTS) is 1. The Bertz CT molecular complexity index is 442. The Morgan fingerprint density at radius 1 is 1.58 bits per heavy atom. The molecule has 7 nitrogen and oxygen atoms in total. The van der Waals surface area contributed by atoms with Crippen LogP contribution in [-0.4, -0.2) is 46.1 Å². The summed E-state index contributed by atoms with van der Waals surface area (Å²) in [5.41, 5.74) is 0.686. The van der Waals surface area contributed by atoms with E-state index < -0.39 is 12.0 Å². The van der Waals surface area contributed by atoms with Gasteiger partial charge < -0.3 is 20.7 Å². The molecule has 0 aliphatic carbocycles. The van der Waals surface area contributed by atoms with E-state index in [4.69, 9.17) is 5.11 Å². The number of aliphatic carboxylic acids is 1. The van der Waals surface area contributed by atoms with Gasteiger partial charge in [0.25, 0.3) is 0 Å². The molecule has 0 saturated carbocycles. The molecule has 1 aromatic heterocycles. The molecule has 0 bridgehead atoms. The second-order valence-electron chi connectivity index (χ2n) is 4.89. The Morgan fingerprint density at radius 3 is 2.79 bits per heavy atom. The molecule has 2 heterocycles. The average molecular weight is 266 g/mol. The minimum absolute atomic E-state index is 0.176. The molecule has 1 aromatic rings. The summed E-state index contributed by atoms with van der Waals surface area (Å²) in [6.45, 7) is 3.45. The maximum atomic E-state index is 12.0. The van der Waals surface area contributed by atoms with Crippen molar-refractivity contribution in [1.82, 2.24) is 20.6 Å². The fraction of sp³-hybridized carbons (Fsp3) is 0.583. The highest BCUT2D eigenvalue weighted by atomic mass is 16.4. The van der Waals surface area contributed by atoms with Crippen LogP contribution in [0.1, 0.15) is 12.6 Å². The Hall–Kier alpha value is -1.89. The van der Waals surface area contributed by atoms with Gasteiger partial charge in [-0.05, 0) is 19.0 Å². The van der Waals surface area contributed by atoms with Gasteiger partial charge in [0.05, 0.1) is 6.33 Å². The highest BCUT2D eigenvalue weighted by Gasteiger charge is 2.31. The molecule has 2 unspecified atom stereocenters. The number of aromatic nitrogens is 2. The topological polar surface area (TPSA) is 107 Å². The predicted molar refractivity (Wildman–Crippen MR) is 67.4 cm³/mol. The van der Waals surface area contributed by atoms with E-state index in [0.29, 0.717) is 11.6 Å². The summed E-state index contributed by atoms with van der Waals surface area (Å²) in [5.74, 6) is -1.13. The van der Waals surface area contributed by atoms with Gasteiger partial charge in [-0.15, -0.1) is 0 Å². The third kappa shape index (κ3) is 3.31. The van der Waals surface area contributed by atoms with Gasteiger partial charge in [0.15, 0.2) is 0 Å². The number of nitrogens with one attached hydrogen (secondary N) is 3. The predicted octanol–water partition coefficient (Wildman–Crippen LogP) is -0.623. The van der Waals surface area contributed by atoms with Gasteiger partial charge in [-0.2, -0.15) is 0 Å². The van der Waals surface area contributed by atoms with Crippen molar-refractivity contribution in [2.45, 2.75) is 19.4 Å². The number of rotatable bonds is 6. The van der Waals surface area contributed by atoms with Crippen molar-refractivity contribution in [3.8, 4) is 0 Å². The zero-order valence-corrected chi connectivity index (χ0v) is 10.7. The number of carbonyl (C=O) groups excluding carboxylic acids is 1. The number of aromatic amines is 1. The molecule has 1 saturated heterocycles. The molecule has 1 fully saturated rings. The molecule has 0 radical (unpaired) electrons. The molecule has 1 aliphatic heterocycles. The van der Waals surface area contributed by atoms with Crippen molar-refractivity contribution < 1.29 is 14.7 Å². The van der Waals surface area contributed by atoms with Crippen molar-refractivity contribution in [2.75, 3.05) is 13.1 Å². The number of carbonyl (C=O) groups is 2. The zero-order chi connectivity index (χ0) is 13.8. The van der Waals surface area contributed by atoms with Gasteiger partial charge in [-0.25, -0.2) is 9.78 Å². The van der Waals surface area contributed by atoms with E-state index in [-0.39, 0.29) is 18.2 Å². The number of imidazole rings is 1. The van der Waals surface area contributed by atoms with Crippen LogP contribution in [-0.2, 0) is 16.0 Å². The lowest BCUT2D eigenvalue weighted by Gasteiger charge is -2.32. The molecular weight excluding hydrogens is 248 g/mol. The van der Waals surface area contributed by atoms with E-state index in [0.717, 1.165) is 13.1 Å². The first kappa shape index (κ1) is 13.5. The molecule has 7 heteroatoms. The lowest BCUT2D eigenvalue weighted by Crippen LogP contribution is -2.52. The van der Waals surface area contributed by atoms with Gasteiger partial charge >= 0.3 is 5.97 Å². The molecule has 1 amide bonds. The molecule has 4 N–H and O–H groups in total. The van der Waals surface area contributed by atoms with Gasteiger partial charge in [0.2, 0.25) is 5.91 Å². The zero-order valence-electron chi connectivity index (χ0n) is 10.7. The Labute approximate surface area is 110 Å². The van der Waals surface area contributed by atoms with E-state index in [2.05, 4.69) is 20.6 Å². The van der Waals surface area contributed by atoms with Crippen LogP contribution >= 0.6 is 0 Å². The van der Waals surface area contributed by atoms with Gasteiger partial charge in [0.1, 0.15) is 6.04 Å². The summed E-state index contributed by atoms with van der Waals surface area (Å²) in [6.07, 6.45) is 3.25. The average Bonchev–Trinajstić information content (AvgIpc) is 2.78. The first-order chi connectivity index (χ1) is 9.08. The van der Waals surface area contributed by atoms with E-state index >= 15 is 0 Å². The van der Waals surface area contributed by atoms with Gasteiger partial charge in [-0.3, -0.25) is 4.79 Å². The van der Waals surface area contributed by atoms with Gasteiger partial charge in [0, 0.05) is 24.2 Å². The molecule has 0 aromatic carbocycles. The normalized spacial score (nSPS) is 18.4. The molecule has 1 aliphatic rings. The molecular formula is C12H18N4O3. The number of nitrogens with zero attached hydrogens (tertiary/aromatic N) is 1. The van der Waals surface area contributed by atoms with Gasteiger partial charge in [-0.1, -0.05) is 6.92 Å². The molecule has 0 spiro atoms. The van der Waals surface area contributed by atoms with Crippen LogP contribution in [0.25, 0.3) is 0 Å². The Balaban J connectivity index is 1.92. The second kappa shape index (κ2) is 5.83. The van der Waals surface area contributed by atoms with Crippen LogP contribution in [0.5, 0.6) is 0 Å². The van der Waals surface area contributed by atoms with E-state index in [1.54, 1.807) is 6.20 Å². The molecule has 2 atom stereocenters. The van der Waals surface area contributed by atoms with E-state index in [9.17, 15) is 9.59 Å². The summed E-state index contributed by atoms with van der Waals surface area (Å²) in [6, 6.07) is -0.927. The third-order valence-corrected chi connectivity index (χ3v) is 3.53. The fourth-order valence-corrected chi connectivity index (χ4v) is 2.00. The maximum Gasteiger partial charge on any atom is 0.326 e. The summed E-state index contributed by atoms with van der Waals surface area (Å²) in [5, 5.41) is 14.8. The molecule has 2 rings (SSSR count). The second-order valence-corrected chi connectivity index (χ2v) is 4.89. The number of hydrogen-bond acceptors (Lipinski definition) is 4. The molecule has 19 heavy (non-hydrogen) atoms. The summed E-state index contributed by atoms with van der Waals surface area (Å²) >= 11 is 0. The van der Waals surface area contributed by atoms with Crippen molar-refractivity contribution in [3.63, 3.8) is 0 Å². The highest BCUT2D eigenvalue weighted by molar-refractivity contribution is 5.85. The SMILES string of the molecule is CC(C(=O)NC(Cc1cnc[nH]1)C(=O)O)C1CNC1. The van der Waals surface area contributed by atoms with Crippen molar-refractivity contribution in [2.24, 2.45) is 11.8 Å². The smallest absolute Gasteiger partial charge is 0.326 e. The van der Waals surface area contributed by atoms with Crippen LogP contribution in [0.15, 0.2) is 12.5 Å². The summed E-state index contributed by atoms with van der Waals surface area (Å²) in [7, 11) is 0. The Morgan fingerprint density at radius 2 is 2.32 bits per heavy atom. The van der Waals surface area contributed by atoms with Crippen LogP contribution in [0.3, 0.4) is 0 Å². The largest absolute Gasteiger partial charge is 0.480 e. The van der Waals surface area contributed by atoms with Crippen molar-refractivity contribution in [3.05, 3.63) is 18.2 Å². The maximum absolute atomic E-state index is 12.0. The minimum Gasteiger partial charge on any atom is -0.480 e. The number of carboxylic acids is 1. The third-order valence-electron chi connectivity index (χ3n) is 3.53. The van der Waals surface area contributed by atoms with Crippen molar-refractivity contribution >= 4 is 11.9 Å². The van der Waals surface area contributed by atoms with Crippen LogP contribution in [0, 0.1) is 11.8 Å².